The van der Waals surface area contributed by atoms with Crippen LogP contribution in [0, 0.1) is 13.8 Å². The number of amides is 2. The van der Waals surface area contributed by atoms with Crippen LogP contribution in [0.25, 0.3) is 0 Å². The standard InChI is InChI=1S/C30H44N4O9S2/c1-23-5-9-27(10-6-23)44(37,38)31-25(3)29(35)33-13-17-41-18-14-34(16-20-43-22-21-42-19-15-33)30(36)26(4)32-45(39,40)28-11-7-24(2)8-12-28/h5-12,25-26,31-32H,13-22H2,1-4H3. The van der Waals surface area contributed by atoms with Gasteiger partial charge in [-0.25, -0.2) is 16.8 Å². The molecule has 2 aromatic carbocycles. The fourth-order valence-corrected chi connectivity index (χ4v) is 6.87. The van der Waals surface area contributed by atoms with Crippen molar-refractivity contribution in [2.45, 2.75) is 49.6 Å². The second-order valence-corrected chi connectivity index (χ2v) is 14.2. The molecule has 45 heavy (non-hydrogen) atoms. The van der Waals surface area contributed by atoms with Gasteiger partial charge in [0.15, 0.2) is 0 Å². The third-order valence-corrected chi connectivity index (χ3v) is 10.2. The number of sulfonamides is 2. The van der Waals surface area contributed by atoms with Gasteiger partial charge in [0.1, 0.15) is 0 Å². The van der Waals surface area contributed by atoms with E-state index in [2.05, 4.69) is 9.44 Å². The lowest BCUT2D eigenvalue weighted by molar-refractivity contribution is -0.134. The number of nitrogens with one attached hydrogen (secondary N) is 2. The number of hydrogen-bond acceptors (Lipinski definition) is 9. The first kappa shape index (κ1) is 36.5. The van der Waals surface area contributed by atoms with Crippen LogP contribution < -0.4 is 9.44 Å². The molecule has 0 spiro atoms. The van der Waals surface area contributed by atoms with Gasteiger partial charge in [-0.15, -0.1) is 0 Å². The van der Waals surface area contributed by atoms with E-state index in [4.69, 9.17) is 14.2 Å². The molecule has 1 aliphatic rings. The normalized spacial score (nSPS) is 18.0. The minimum atomic E-state index is -3.92. The SMILES string of the molecule is Cc1ccc(S(=O)(=O)NC(C)C(=O)N2CCOCCOCCN(C(=O)C(C)NS(=O)(=O)c3ccc(C)cc3)CCOCC2)cc1. The van der Waals surface area contributed by atoms with E-state index in [0.717, 1.165) is 11.1 Å². The third-order valence-electron chi connectivity index (χ3n) is 7.08. The van der Waals surface area contributed by atoms with E-state index in [9.17, 15) is 26.4 Å². The molecular weight excluding hydrogens is 624 g/mol. The summed E-state index contributed by atoms with van der Waals surface area (Å²) in [5.74, 6) is -0.880. The zero-order chi connectivity index (χ0) is 33.0. The van der Waals surface area contributed by atoms with Gasteiger partial charge >= 0.3 is 0 Å². The highest BCUT2D eigenvalue weighted by Crippen LogP contribution is 2.13. The molecule has 0 aromatic heterocycles. The van der Waals surface area contributed by atoms with E-state index in [0.29, 0.717) is 0 Å². The van der Waals surface area contributed by atoms with E-state index in [1.807, 2.05) is 13.8 Å². The van der Waals surface area contributed by atoms with Crippen LogP contribution in [0.2, 0.25) is 0 Å². The Kier molecular flexibility index (Phi) is 13.9. The number of hydrogen-bond donors (Lipinski definition) is 2. The Morgan fingerprint density at radius 1 is 0.578 bits per heavy atom. The molecule has 1 fully saturated rings. The molecule has 2 aromatic rings. The fourth-order valence-electron chi connectivity index (χ4n) is 4.47. The number of aryl methyl sites for hydroxylation is 2. The summed E-state index contributed by atoms with van der Waals surface area (Å²) in [6.07, 6.45) is 0. The zero-order valence-electron chi connectivity index (χ0n) is 26.2. The van der Waals surface area contributed by atoms with Crippen LogP contribution in [0.15, 0.2) is 58.3 Å². The van der Waals surface area contributed by atoms with Crippen LogP contribution in [0.5, 0.6) is 0 Å². The number of nitrogens with zero attached hydrogens (tertiary/aromatic N) is 2. The van der Waals surface area contributed by atoms with Gasteiger partial charge in [-0.3, -0.25) is 9.59 Å². The third kappa shape index (κ3) is 11.4. The van der Waals surface area contributed by atoms with Gasteiger partial charge in [-0.2, -0.15) is 9.44 Å². The predicted octanol–water partition coefficient (Wildman–Crippen LogP) is 1.06. The summed E-state index contributed by atoms with van der Waals surface area (Å²) in [5, 5.41) is 0. The molecule has 2 N–H and O–H groups in total. The molecule has 1 aliphatic heterocycles. The maximum Gasteiger partial charge on any atom is 0.241 e. The minimum absolute atomic E-state index is 0.0628. The van der Waals surface area contributed by atoms with E-state index in [1.165, 1.54) is 47.9 Å². The topological polar surface area (TPSA) is 161 Å². The number of ether oxygens (including phenoxy) is 3. The maximum absolute atomic E-state index is 13.3. The molecule has 0 aliphatic carbocycles. The Labute approximate surface area is 266 Å². The van der Waals surface area contributed by atoms with Crippen LogP contribution in [-0.2, 0) is 43.8 Å². The molecule has 2 atom stereocenters. The van der Waals surface area contributed by atoms with Gasteiger partial charge in [0.25, 0.3) is 0 Å². The monoisotopic (exact) mass is 668 g/mol. The molecule has 0 radical (unpaired) electrons. The average molecular weight is 669 g/mol. The lowest BCUT2D eigenvalue weighted by Gasteiger charge is -2.27. The van der Waals surface area contributed by atoms with Gasteiger partial charge in [-0.1, -0.05) is 35.4 Å². The second-order valence-electron chi connectivity index (χ2n) is 10.8. The highest BCUT2D eigenvalue weighted by Gasteiger charge is 2.27. The molecule has 250 valence electrons. The number of benzene rings is 2. The highest BCUT2D eigenvalue weighted by atomic mass is 32.2. The van der Waals surface area contributed by atoms with E-state index in [-0.39, 0.29) is 75.6 Å². The van der Waals surface area contributed by atoms with Gasteiger partial charge in [0, 0.05) is 26.2 Å². The van der Waals surface area contributed by atoms with Crippen molar-refractivity contribution in [1.82, 2.24) is 19.2 Å². The largest absolute Gasteiger partial charge is 0.378 e. The average Bonchev–Trinajstić information content (AvgIpc) is 3.00. The molecule has 1 heterocycles. The van der Waals surface area contributed by atoms with Gasteiger partial charge in [0.2, 0.25) is 31.9 Å². The summed E-state index contributed by atoms with van der Waals surface area (Å²) in [5.41, 5.74) is 1.82. The fraction of sp³-hybridized carbons (Fsp3) is 0.533. The number of carbonyl (C=O) groups is 2. The quantitative estimate of drug-likeness (QED) is 0.419. The first-order valence-electron chi connectivity index (χ1n) is 14.8. The molecule has 13 nitrogen and oxygen atoms in total. The zero-order valence-corrected chi connectivity index (χ0v) is 27.9. The molecule has 0 bridgehead atoms. The van der Waals surface area contributed by atoms with Crippen LogP contribution >= 0.6 is 0 Å². The van der Waals surface area contributed by atoms with Crippen molar-refractivity contribution in [3.63, 3.8) is 0 Å². The molecule has 2 unspecified atom stereocenters. The molecule has 15 heteroatoms. The Morgan fingerprint density at radius 3 is 1.18 bits per heavy atom. The molecule has 0 saturated carbocycles. The van der Waals surface area contributed by atoms with E-state index in [1.54, 1.807) is 24.3 Å². The lowest BCUT2D eigenvalue weighted by Crippen LogP contribution is -2.49. The maximum atomic E-state index is 13.3. The van der Waals surface area contributed by atoms with Crippen molar-refractivity contribution in [3.8, 4) is 0 Å². The first-order valence-corrected chi connectivity index (χ1v) is 17.8. The summed E-state index contributed by atoms with van der Waals surface area (Å²) < 4.78 is 73.2. The van der Waals surface area contributed by atoms with Crippen molar-refractivity contribution in [2.24, 2.45) is 0 Å². The van der Waals surface area contributed by atoms with Crippen molar-refractivity contribution in [3.05, 3.63) is 59.7 Å². The van der Waals surface area contributed by atoms with Crippen LogP contribution in [0.1, 0.15) is 25.0 Å². The Morgan fingerprint density at radius 2 is 0.867 bits per heavy atom. The lowest BCUT2D eigenvalue weighted by atomic mass is 10.2. The summed E-state index contributed by atoms with van der Waals surface area (Å²) >= 11 is 0. The highest BCUT2D eigenvalue weighted by molar-refractivity contribution is 7.89. The molecular formula is C30H44N4O9S2. The summed E-state index contributed by atoms with van der Waals surface area (Å²) in [6.45, 7) is 8.55. The van der Waals surface area contributed by atoms with Crippen molar-refractivity contribution in [1.29, 1.82) is 0 Å². The Balaban J connectivity index is 1.59. The van der Waals surface area contributed by atoms with Crippen LogP contribution in [0.3, 0.4) is 0 Å². The predicted molar refractivity (Wildman–Crippen MR) is 168 cm³/mol. The second kappa shape index (κ2) is 17.1. The number of carbonyl (C=O) groups excluding carboxylic acids is 2. The summed E-state index contributed by atoms with van der Waals surface area (Å²) in [4.78, 5) is 29.6. The smallest absolute Gasteiger partial charge is 0.241 e. The van der Waals surface area contributed by atoms with Crippen molar-refractivity contribution < 1.29 is 40.6 Å². The number of rotatable bonds is 8. The molecule has 3 rings (SSSR count). The van der Waals surface area contributed by atoms with Crippen LogP contribution in [0.4, 0.5) is 0 Å². The van der Waals surface area contributed by atoms with E-state index < -0.39 is 43.9 Å². The van der Waals surface area contributed by atoms with Crippen molar-refractivity contribution in [2.75, 3.05) is 65.8 Å². The van der Waals surface area contributed by atoms with Gasteiger partial charge in [0.05, 0.1) is 61.5 Å². The van der Waals surface area contributed by atoms with Crippen LogP contribution in [-0.4, -0.2) is 116 Å². The van der Waals surface area contributed by atoms with Gasteiger partial charge in [-0.05, 0) is 52.0 Å². The minimum Gasteiger partial charge on any atom is -0.378 e. The Bertz CT molecular complexity index is 1360. The van der Waals surface area contributed by atoms with Crippen molar-refractivity contribution >= 4 is 31.9 Å². The van der Waals surface area contributed by atoms with E-state index >= 15 is 0 Å². The van der Waals surface area contributed by atoms with Gasteiger partial charge < -0.3 is 24.0 Å². The molecule has 1 saturated heterocycles. The summed E-state index contributed by atoms with van der Waals surface area (Å²) in [6, 6.07) is 10.6. The first-order chi connectivity index (χ1) is 21.3. The summed E-state index contributed by atoms with van der Waals surface area (Å²) in [7, 11) is -7.84. The molecule has 2 amide bonds. The Hall–Kier alpha value is -2.92.